The van der Waals surface area contributed by atoms with Gasteiger partial charge in [-0.05, 0) is 53.1 Å². The maximum atomic E-state index is 12.2. The first-order valence-electron chi connectivity index (χ1n) is 8.65. The van der Waals surface area contributed by atoms with Gasteiger partial charge in [0.05, 0.1) is 32.3 Å². The molecule has 0 fully saturated rings. The SMILES string of the molecule is COc1ccc(CC(=O)Oc2ccc(-c3ccc(C#N)cc3)cc2)cc1OC. The standard InChI is InChI=1S/C23H19NO4/c1-26-21-12-5-17(13-22(21)27-2)14-23(25)28-20-10-8-19(9-11-20)18-6-3-16(15-24)4-7-18/h3-13H,14H2,1-2H3. The Morgan fingerprint density at radius 1 is 0.857 bits per heavy atom. The Morgan fingerprint density at radius 2 is 1.46 bits per heavy atom. The van der Waals surface area contributed by atoms with Crippen LogP contribution in [-0.4, -0.2) is 20.2 Å². The molecule has 0 aromatic heterocycles. The molecule has 0 radical (unpaired) electrons. The van der Waals surface area contributed by atoms with Crippen LogP contribution in [0, 0.1) is 11.3 Å². The molecule has 0 saturated heterocycles. The number of hydrogen-bond donors (Lipinski definition) is 0. The van der Waals surface area contributed by atoms with Crippen molar-refractivity contribution >= 4 is 5.97 Å². The van der Waals surface area contributed by atoms with Gasteiger partial charge < -0.3 is 14.2 Å². The van der Waals surface area contributed by atoms with Gasteiger partial charge in [-0.3, -0.25) is 4.79 Å². The lowest BCUT2D eigenvalue weighted by Gasteiger charge is -2.10. The minimum absolute atomic E-state index is 0.123. The molecule has 3 rings (SSSR count). The van der Waals surface area contributed by atoms with Crippen LogP contribution in [0.5, 0.6) is 17.2 Å². The van der Waals surface area contributed by atoms with Gasteiger partial charge >= 0.3 is 5.97 Å². The summed E-state index contributed by atoms with van der Waals surface area (Å²) in [5.74, 6) is 1.29. The first-order valence-corrected chi connectivity index (χ1v) is 8.65. The average Bonchev–Trinajstić information content (AvgIpc) is 2.74. The molecule has 0 N–H and O–H groups in total. The number of benzene rings is 3. The number of hydrogen-bond acceptors (Lipinski definition) is 5. The van der Waals surface area contributed by atoms with E-state index in [4.69, 9.17) is 19.5 Å². The van der Waals surface area contributed by atoms with Gasteiger partial charge in [0, 0.05) is 0 Å². The lowest BCUT2D eigenvalue weighted by molar-refractivity contribution is -0.133. The molecule has 0 bridgehead atoms. The maximum Gasteiger partial charge on any atom is 0.315 e. The predicted molar refractivity (Wildman–Crippen MR) is 105 cm³/mol. The zero-order valence-corrected chi connectivity index (χ0v) is 15.6. The Kier molecular flexibility index (Phi) is 5.93. The Bertz CT molecular complexity index is 1000. The minimum Gasteiger partial charge on any atom is -0.493 e. The summed E-state index contributed by atoms with van der Waals surface area (Å²) in [5, 5.41) is 8.87. The predicted octanol–water partition coefficient (Wildman–Crippen LogP) is 4.39. The lowest BCUT2D eigenvalue weighted by atomic mass is 10.0. The summed E-state index contributed by atoms with van der Waals surface area (Å²) in [4.78, 5) is 12.2. The molecule has 0 saturated carbocycles. The third-order valence-corrected chi connectivity index (χ3v) is 4.23. The summed E-state index contributed by atoms with van der Waals surface area (Å²) in [7, 11) is 3.11. The number of carbonyl (C=O) groups excluding carboxylic acids is 1. The van der Waals surface area contributed by atoms with Crippen LogP contribution < -0.4 is 14.2 Å². The van der Waals surface area contributed by atoms with Gasteiger partial charge in [-0.15, -0.1) is 0 Å². The number of ether oxygens (including phenoxy) is 3. The third kappa shape index (κ3) is 4.49. The molecule has 0 atom stereocenters. The summed E-state index contributed by atoms with van der Waals surface area (Å²) >= 11 is 0. The van der Waals surface area contributed by atoms with Crippen LogP contribution in [0.3, 0.4) is 0 Å². The summed E-state index contributed by atoms with van der Waals surface area (Å²) < 4.78 is 15.9. The molecule has 5 heteroatoms. The van der Waals surface area contributed by atoms with Crippen LogP contribution in [0.2, 0.25) is 0 Å². The number of nitrogens with zero attached hydrogens (tertiary/aromatic N) is 1. The van der Waals surface area contributed by atoms with Gasteiger partial charge in [0.15, 0.2) is 11.5 Å². The van der Waals surface area contributed by atoms with E-state index in [1.807, 2.05) is 24.3 Å². The fraction of sp³-hybridized carbons (Fsp3) is 0.130. The van der Waals surface area contributed by atoms with Gasteiger partial charge in [0.25, 0.3) is 0 Å². The molecule has 28 heavy (non-hydrogen) atoms. The smallest absolute Gasteiger partial charge is 0.315 e. The van der Waals surface area contributed by atoms with Crippen molar-refractivity contribution in [3.63, 3.8) is 0 Å². The molecule has 3 aromatic rings. The van der Waals surface area contributed by atoms with E-state index in [-0.39, 0.29) is 12.4 Å². The quantitative estimate of drug-likeness (QED) is 0.473. The highest BCUT2D eigenvalue weighted by molar-refractivity contribution is 5.76. The van der Waals surface area contributed by atoms with Gasteiger partial charge in [-0.2, -0.15) is 5.26 Å². The van der Waals surface area contributed by atoms with E-state index in [2.05, 4.69) is 6.07 Å². The Labute approximate surface area is 163 Å². The van der Waals surface area contributed by atoms with Crippen molar-refractivity contribution in [1.82, 2.24) is 0 Å². The fourth-order valence-electron chi connectivity index (χ4n) is 2.78. The largest absolute Gasteiger partial charge is 0.493 e. The Balaban J connectivity index is 1.65. The van der Waals surface area contributed by atoms with E-state index in [0.29, 0.717) is 22.8 Å². The van der Waals surface area contributed by atoms with Gasteiger partial charge in [0.2, 0.25) is 0 Å². The molecular formula is C23H19NO4. The third-order valence-electron chi connectivity index (χ3n) is 4.23. The first-order chi connectivity index (χ1) is 13.6. The number of esters is 1. The van der Waals surface area contributed by atoms with E-state index in [1.165, 1.54) is 0 Å². The van der Waals surface area contributed by atoms with E-state index < -0.39 is 0 Å². The van der Waals surface area contributed by atoms with Crippen molar-refractivity contribution in [3.05, 3.63) is 77.9 Å². The highest BCUT2D eigenvalue weighted by Crippen LogP contribution is 2.28. The Morgan fingerprint density at radius 3 is 2.04 bits per heavy atom. The van der Waals surface area contributed by atoms with Crippen molar-refractivity contribution in [2.24, 2.45) is 0 Å². The number of nitriles is 1. The molecule has 0 heterocycles. The van der Waals surface area contributed by atoms with Crippen molar-refractivity contribution in [2.75, 3.05) is 14.2 Å². The highest BCUT2D eigenvalue weighted by Gasteiger charge is 2.10. The maximum absolute atomic E-state index is 12.2. The minimum atomic E-state index is -0.363. The normalized spacial score (nSPS) is 10.0. The Hall–Kier alpha value is -3.78. The summed E-state index contributed by atoms with van der Waals surface area (Å²) in [6.07, 6.45) is 0.123. The van der Waals surface area contributed by atoms with Gasteiger partial charge in [-0.25, -0.2) is 0 Å². The van der Waals surface area contributed by atoms with Crippen molar-refractivity contribution < 1.29 is 19.0 Å². The lowest BCUT2D eigenvalue weighted by Crippen LogP contribution is -2.11. The number of rotatable bonds is 6. The first kappa shape index (κ1) is 19.0. The highest BCUT2D eigenvalue weighted by atomic mass is 16.5. The van der Waals surface area contributed by atoms with Gasteiger partial charge in [-0.1, -0.05) is 30.3 Å². The summed E-state index contributed by atoms with van der Waals surface area (Å²) in [6, 6.07) is 22.0. The fourth-order valence-corrected chi connectivity index (χ4v) is 2.78. The second kappa shape index (κ2) is 8.74. The second-order valence-electron chi connectivity index (χ2n) is 6.05. The van der Waals surface area contributed by atoms with Crippen LogP contribution in [0.4, 0.5) is 0 Å². The summed E-state index contributed by atoms with van der Waals surface area (Å²) in [5.41, 5.74) is 3.35. The molecule has 140 valence electrons. The monoisotopic (exact) mass is 373 g/mol. The molecule has 0 spiro atoms. The van der Waals surface area contributed by atoms with E-state index in [1.54, 1.807) is 56.7 Å². The molecule has 0 unspecified atom stereocenters. The number of carbonyl (C=O) groups is 1. The molecular weight excluding hydrogens is 354 g/mol. The van der Waals surface area contributed by atoms with Crippen molar-refractivity contribution in [1.29, 1.82) is 5.26 Å². The molecule has 0 amide bonds. The van der Waals surface area contributed by atoms with Crippen molar-refractivity contribution in [2.45, 2.75) is 6.42 Å². The van der Waals surface area contributed by atoms with Crippen LogP contribution in [0.25, 0.3) is 11.1 Å². The van der Waals surface area contributed by atoms with Crippen molar-refractivity contribution in [3.8, 4) is 34.4 Å². The van der Waals surface area contributed by atoms with Gasteiger partial charge in [0.1, 0.15) is 5.75 Å². The molecule has 0 aliphatic carbocycles. The zero-order valence-electron chi connectivity index (χ0n) is 15.6. The molecule has 5 nitrogen and oxygen atoms in total. The van der Waals surface area contributed by atoms with E-state index >= 15 is 0 Å². The van der Waals surface area contributed by atoms with Crippen LogP contribution in [-0.2, 0) is 11.2 Å². The number of methoxy groups -OCH3 is 2. The topological polar surface area (TPSA) is 68.5 Å². The average molecular weight is 373 g/mol. The molecule has 3 aromatic carbocycles. The van der Waals surface area contributed by atoms with Crippen LogP contribution in [0.1, 0.15) is 11.1 Å². The molecule has 0 aliphatic rings. The second-order valence-corrected chi connectivity index (χ2v) is 6.05. The summed E-state index contributed by atoms with van der Waals surface area (Å²) in [6.45, 7) is 0. The van der Waals surface area contributed by atoms with E-state index in [9.17, 15) is 4.79 Å². The zero-order chi connectivity index (χ0) is 19.9. The van der Waals surface area contributed by atoms with Crippen LogP contribution >= 0.6 is 0 Å². The van der Waals surface area contributed by atoms with Crippen LogP contribution in [0.15, 0.2) is 66.7 Å². The van der Waals surface area contributed by atoms with E-state index in [0.717, 1.165) is 16.7 Å². The molecule has 0 aliphatic heterocycles.